The number of fused-ring (bicyclic) bond motifs is 4. The van der Waals surface area contributed by atoms with Crippen molar-refractivity contribution in [2.24, 2.45) is 0 Å². The fraction of sp³-hybridized carbons (Fsp3) is 0.145. The zero-order valence-corrected chi connectivity index (χ0v) is 34.5. The number of hydrogen-bond donors (Lipinski definition) is 0. The second-order valence-corrected chi connectivity index (χ2v) is 16.5. The van der Waals surface area contributed by atoms with Crippen LogP contribution in [0.5, 0.6) is 11.5 Å². The molecule has 0 spiro atoms. The minimum atomic E-state index is -0.350. The molecule has 0 saturated heterocycles. The number of rotatable bonds is 7. The molecule has 5 heteroatoms. The van der Waals surface area contributed by atoms with Crippen molar-refractivity contribution in [2.75, 3.05) is 16.5 Å². The SMILES string of the molecule is [2H]c1c(Oc2ccc3c4c([2H])c([2H])c([2H])c([2H])c4n(-c4cc(C(C)(C)C)ccn4)c3c2)cc(N2CN(c3c(-c4ccccc4)c(C)c(C)c(C)c3-c3ccccc3)c3ccccc32)c([2H])c1[2H]. The second-order valence-electron chi connectivity index (χ2n) is 16.5. The van der Waals surface area contributed by atoms with Gasteiger partial charge in [0.1, 0.15) is 24.0 Å². The fourth-order valence-electron chi connectivity index (χ4n) is 8.62. The molecule has 0 amide bonds. The van der Waals surface area contributed by atoms with Crippen molar-refractivity contribution in [3.05, 3.63) is 192 Å². The van der Waals surface area contributed by atoms with Gasteiger partial charge in [0.15, 0.2) is 0 Å². The molecule has 0 unspecified atom stereocenters. The van der Waals surface area contributed by atoms with Gasteiger partial charge in [0.05, 0.1) is 37.7 Å². The van der Waals surface area contributed by atoms with Crippen molar-refractivity contribution in [3.8, 4) is 39.6 Å². The van der Waals surface area contributed by atoms with E-state index in [4.69, 9.17) is 17.9 Å². The van der Waals surface area contributed by atoms with Crippen LogP contribution in [0.1, 0.15) is 52.6 Å². The maximum atomic E-state index is 9.37. The van der Waals surface area contributed by atoms with Crippen molar-refractivity contribution in [1.82, 2.24) is 9.55 Å². The molecule has 0 N–H and O–H groups in total. The number of hydrogen-bond acceptors (Lipinski definition) is 4. The van der Waals surface area contributed by atoms with Crippen LogP contribution in [0.2, 0.25) is 0 Å². The van der Waals surface area contributed by atoms with E-state index >= 15 is 0 Å². The third-order valence-electron chi connectivity index (χ3n) is 11.9. The van der Waals surface area contributed by atoms with Gasteiger partial charge in [0, 0.05) is 45.9 Å². The van der Waals surface area contributed by atoms with E-state index in [0.717, 1.165) is 44.9 Å². The maximum Gasteiger partial charge on any atom is 0.137 e. The van der Waals surface area contributed by atoms with E-state index in [1.807, 2.05) is 47.4 Å². The Bertz CT molecular complexity index is 3410. The van der Waals surface area contributed by atoms with Crippen molar-refractivity contribution in [2.45, 2.75) is 47.0 Å². The van der Waals surface area contributed by atoms with Gasteiger partial charge < -0.3 is 14.5 Å². The summed E-state index contributed by atoms with van der Waals surface area (Å²) in [4.78, 5) is 9.04. The highest BCUT2D eigenvalue weighted by Crippen LogP contribution is 2.53. The van der Waals surface area contributed by atoms with Crippen LogP contribution in [0.25, 0.3) is 49.9 Å². The third kappa shape index (κ3) is 6.29. The van der Waals surface area contributed by atoms with E-state index in [-0.39, 0.29) is 59.0 Å². The Labute approximate surface area is 362 Å². The molecule has 1 aliphatic rings. The molecule has 9 aromatic rings. The van der Waals surface area contributed by atoms with E-state index in [9.17, 15) is 1.37 Å². The number of para-hydroxylation sites is 3. The summed E-state index contributed by atoms with van der Waals surface area (Å²) >= 11 is 0. The standard InChI is InChI=1S/C55H48N4O/c1-36-37(2)52(39-18-9-7-10-19-39)54(53(38(36)3)40-20-11-8-12-21-40)58-35-57(48-26-15-16-27-49(48)58)42-22-17-23-43(33-42)60-44-28-29-46-45-24-13-14-25-47(45)59(50(46)34-44)51-32-41(30-31-56-51)55(4,5)6/h7-34H,35H2,1-6H3/i13D,14D,17D,22D,23D,24D,25D. The molecule has 5 nitrogen and oxygen atoms in total. The highest BCUT2D eigenvalue weighted by Gasteiger charge is 2.33. The lowest BCUT2D eigenvalue weighted by Gasteiger charge is -2.30. The molecule has 0 bridgehead atoms. The molecule has 294 valence electrons. The Hall–Kier alpha value is -7.11. The van der Waals surface area contributed by atoms with Crippen molar-refractivity contribution < 1.29 is 14.3 Å². The Kier molecular flexibility index (Phi) is 7.31. The number of pyridine rings is 1. The van der Waals surface area contributed by atoms with Gasteiger partial charge in [-0.2, -0.15) is 0 Å². The lowest BCUT2D eigenvalue weighted by atomic mass is 9.85. The minimum absolute atomic E-state index is 0.0722. The largest absolute Gasteiger partial charge is 0.457 e. The summed E-state index contributed by atoms with van der Waals surface area (Å²) < 4.78 is 71.2. The molecule has 0 radical (unpaired) electrons. The normalized spacial score (nSPS) is 14.3. The Morgan fingerprint density at radius 1 is 0.583 bits per heavy atom. The molecule has 0 atom stereocenters. The average Bonchev–Trinajstić information content (AvgIpc) is 3.88. The Morgan fingerprint density at radius 3 is 1.92 bits per heavy atom. The summed E-state index contributed by atoms with van der Waals surface area (Å²) in [6, 6.07) is 38.0. The molecule has 0 aliphatic carbocycles. The molecule has 0 saturated carbocycles. The first-order valence-electron chi connectivity index (χ1n) is 23.8. The van der Waals surface area contributed by atoms with Gasteiger partial charge in [-0.25, -0.2) is 4.98 Å². The van der Waals surface area contributed by atoms with Crippen LogP contribution in [-0.4, -0.2) is 16.2 Å². The quantitative estimate of drug-likeness (QED) is 0.161. The van der Waals surface area contributed by atoms with Gasteiger partial charge in [0.2, 0.25) is 0 Å². The summed E-state index contributed by atoms with van der Waals surface area (Å²) in [7, 11) is 0. The van der Waals surface area contributed by atoms with E-state index in [2.05, 4.69) is 101 Å². The zero-order valence-electron chi connectivity index (χ0n) is 41.5. The van der Waals surface area contributed by atoms with Gasteiger partial charge in [-0.1, -0.05) is 118 Å². The number of nitrogens with zero attached hydrogens (tertiary/aromatic N) is 4. The van der Waals surface area contributed by atoms with E-state index in [1.54, 1.807) is 35.0 Å². The second kappa shape index (κ2) is 14.6. The smallest absolute Gasteiger partial charge is 0.137 e. The highest BCUT2D eigenvalue weighted by molar-refractivity contribution is 6.09. The molecule has 1 aliphatic heterocycles. The summed E-state index contributed by atoms with van der Waals surface area (Å²) in [6.45, 7) is 13.1. The molecule has 3 heterocycles. The first-order chi connectivity index (χ1) is 32.1. The first kappa shape index (κ1) is 30.0. The summed E-state index contributed by atoms with van der Waals surface area (Å²) in [5.41, 5.74) is 12.7. The molecule has 2 aromatic heterocycles. The summed E-state index contributed by atoms with van der Waals surface area (Å²) in [6.07, 6.45) is 1.70. The van der Waals surface area contributed by atoms with Crippen LogP contribution in [-0.2, 0) is 5.41 Å². The zero-order chi connectivity index (χ0) is 47.2. The topological polar surface area (TPSA) is 33.5 Å². The van der Waals surface area contributed by atoms with Crippen molar-refractivity contribution in [1.29, 1.82) is 0 Å². The van der Waals surface area contributed by atoms with Gasteiger partial charge in [-0.3, -0.25) is 4.57 Å². The third-order valence-corrected chi connectivity index (χ3v) is 11.9. The maximum absolute atomic E-state index is 9.37. The number of ether oxygens (including phenoxy) is 1. The minimum Gasteiger partial charge on any atom is -0.457 e. The predicted octanol–water partition coefficient (Wildman–Crippen LogP) is 14.8. The van der Waals surface area contributed by atoms with Crippen molar-refractivity contribution >= 4 is 44.6 Å². The lowest BCUT2D eigenvalue weighted by molar-refractivity contribution is 0.483. The predicted molar refractivity (Wildman–Crippen MR) is 251 cm³/mol. The van der Waals surface area contributed by atoms with Crippen LogP contribution in [0.4, 0.5) is 22.7 Å². The number of anilines is 4. The number of benzene rings is 7. The number of aromatic nitrogens is 2. The molecule has 60 heavy (non-hydrogen) atoms. The van der Waals surface area contributed by atoms with Crippen molar-refractivity contribution in [3.63, 3.8) is 0 Å². The summed E-state index contributed by atoms with van der Waals surface area (Å²) in [5.74, 6) is 0.861. The van der Waals surface area contributed by atoms with Gasteiger partial charge >= 0.3 is 0 Å². The van der Waals surface area contributed by atoms with Gasteiger partial charge in [0.25, 0.3) is 0 Å². The molecule has 0 fully saturated rings. The van der Waals surface area contributed by atoms with Crippen LogP contribution < -0.4 is 14.5 Å². The first-order valence-corrected chi connectivity index (χ1v) is 20.3. The fourth-order valence-corrected chi connectivity index (χ4v) is 8.62. The van der Waals surface area contributed by atoms with E-state index < -0.39 is 0 Å². The van der Waals surface area contributed by atoms with Gasteiger partial charge in [-0.05, 0) is 114 Å². The Balaban J connectivity index is 1.13. The molecule has 10 rings (SSSR count). The molecular formula is C55H48N4O. The average molecular weight is 788 g/mol. The highest BCUT2D eigenvalue weighted by atomic mass is 16.5. The van der Waals surface area contributed by atoms with Crippen LogP contribution in [0.15, 0.2) is 170 Å². The Morgan fingerprint density at radius 2 is 1.23 bits per heavy atom. The lowest BCUT2D eigenvalue weighted by Crippen LogP contribution is -2.25. The summed E-state index contributed by atoms with van der Waals surface area (Å²) in [5, 5.41) is 0.930. The van der Waals surface area contributed by atoms with Gasteiger partial charge in [-0.15, -0.1) is 0 Å². The molecule has 7 aromatic carbocycles. The van der Waals surface area contributed by atoms with Crippen LogP contribution in [0, 0.1) is 20.8 Å². The van der Waals surface area contributed by atoms with Crippen LogP contribution >= 0.6 is 0 Å². The molecular weight excluding hydrogens is 733 g/mol. The van der Waals surface area contributed by atoms with Crippen LogP contribution in [0.3, 0.4) is 0 Å². The van der Waals surface area contributed by atoms with E-state index in [1.165, 1.54) is 16.7 Å². The monoisotopic (exact) mass is 787 g/mol. The van der Waals surface area contributed by atoms with E-state index in [0.29, 0.717) is 40.2 Å².